The lowest BCUT2D eigenvalue weighted by Crippen LogP contribution is -2.53. The average Bonchev–Trinajstić information content (AvgIpc) is 3.14. The maximum absolute atomic E-state index is 13.3. The first-order chi connectivity index (χ1) is 15.2. The summed E-state index contributed by atoms with van der Waals surface area (Å²) >= 11 is 1.30. The van der Waals surface area contributed by atoms with Crippen molar-refractivity contribution >= 4 is 46.3 Å². The number of hydrogen-bond acceptors (Lipinski definition) is 6. The predicted molar refractivity (Wildman–Crippen MR) is 125 cm³/mol. The summed E-state index contributed by atoms with van der Waals surface area (Å²) in [7, 11) is 0. The minimum absolute atomic E-state index is 0.00425. The van der Waals surface area contributed by atoms with Crippen LogP contribution in [0.4, 0.5) is 5.69 Å². The Bertz CT molecular complexity index is 920. The first-order valence-electron chi connectivity index (χ1n) is 10.5. The highest BCUT2D eigenvalue weighted by Crippen LogP contribution is 2.31. The van der Waals surface area contributed by atoms with Crippen LogP contribution in [0.3, 0.4) is 0 Å². The van der Waals surface area contributed by atoms with Gasteiger partial charge in [-0.05, 0) is 30.5 Å². The number of hydrogen-bond donors (Lipinski definition) is 3. The van der Waals surface area contributed by atoms with Gasteiger partial charge in [0.25, 0.3) is 0 Å². The molecule has 1 fully saturated rings. The number of thioether (sulfide) groups is 1. The first kappa shape index (κ1) is 23.6. The van der Waals surface area contributed by atoms with Crippen LogP contribution in [0.1, 0.15) is 25.8 Å². The largest absolute Gasteiger partial charge is 0.370 e. The third-order valence-corrected chi connectivity index (χ3v) is 6.56. The number of amides is 3. The van der Waals surface area contributed by atoms with Crippen LogP contribution in [0, 0.1) is 0 Å². The Hall–Kier alpha value is -3.08. The maximum atomic E-state index is 13.3. The molecule has 1 saturated heterocycles. The smallest absolute Gasteiger partial charge is 0.238 e. The Balaban J connectivity index is 1.65. The fraction of sp³-hybridized carbons (Fsp3) is 0.476. The molecule has 0 saturated carbocycles. The van der Waals surface area contributed by atoms with Crippen molar-refractivity contribution in [3.63, 3.8) is 0 Å². The molecule has 32 heavy (non-hydrogen) atoms. The van der Waals surface area contributed by atoms with Gasteiger partial charge in [0.05, 0.1) is 11.7 Å². The number of aryl methyl sites for hydroxylation is 1. The Morgan fingerprint density at radius 3 is 2.28 bits per heavy atom. The second kappa shape index (κ2) is 10.5. The summed E-state index contributed by atoms with van der Waals surface area (Å²) in [6, 6.07) is 7.31. The number of carbonyl (C=O) groups is 3. The van der Waals surface area contributed by atoms with E-state index in [2.05, 4.69) is 15.3 Å². The Labute approximate surface area is 191 Å². The van der Waals surface area contributed by atoms with Crippen molar-refractivity contribution in [2.75, 3.05) is 26.2 Å². The van der Waals surface area contributed by atoms with E-state index in [0.29, 0.717) is 49.9 Å². The number of rotatable bonds is 5. The number of amidine groups is 1. The number of carbonyl (C=O) groups excluding carboxylic acids is 3. The number of piperazine rings is 1. The van der Waals surface area contributed by atoms with Crippen LogP contribution in [0.15, 0.2) is 34.3 Å². The Kier molecular flexibility index (Phi) is 7.73. The standard InChI is InChI=1S/C21H29N7O3S/c1-13(29)24-21-26-17(8-5-15-3-6-16(7-4-15)25-20(22)23)18(32-21)19(31)28-11-9-27(10-12-28)14(2)30/h3-4,6-7,17-18H,5,8-12H2,1-2H3,(H4,22,23,25)(H,24,26,29). The second-order valence-corrected chi connectivity index (χ2v) is 8.92. The zero-order valence-electron chi connectivity index (χ0n) is 18.3. The summed E-state index contributed by atoms with van der Waals surface area (Å²) in [5.41, 5.74) is 12.6. The molecule has 0 bridgehead atoms. The van der Waals surface area contributed by atoms with E-state index in [1.165, 1.54) is 25.6 Å². The Morgan fingerprint density at radius 1 is 1.09 bits per heavy atom. The summed E-state index contributed by atoms with van der Waals surface area (Å²) in [4.78, 5) is 48.5. The fourth-order valence-corrected chi connectivity index (χ4v) is 4.96. The third-order valence-electron chi connectivity index (χ3n) is 5.36. The number of nitrogens with zero attached hydrogens (tertiary/aromatic N) is 4. The molecule has 2 atom stereocenters. The number of guanidine groups is 1. The Morgan fingerprint density at radius 2 is 1.72 bits per heavy atom. The lowest BCUT2D eigenvalue weighted by Gasteiger charge is -2.36. The van der Waals surface area contributed by atoms with Crippen LogP contribution in [0.25, 0.3) is 0 Å². The minimum atomic E-state index is -0.401. The lowest BCUT2D eigenvalue weighted by atomic mass is 10.0. The molecule has 10 nitrogen and oxygen atoms in total. The van der Waals surface area contributed by atoms with Crippen LogP contribution in [-0.2, 0) is 20.8 Å². The zero-order valence-corrected chi connectivity index (χ0v) is 19.1. The van der Waals surface area contributed by atoms with E-state index in [1.807, 2.05) is 24.3 Å². The van der Waals surface area contributed by atoms with E-state index in [9.17, 15) is 14.4 Å². The number of nitrogens with one attached hydrogen (secondary N) is 1. The molecular formula is C21H29N7O3S. The number of benzene rings is 1. The predicted octanol–water partition coefficient (Wildman–Crippen LogP) is 0.191. The molecule has 1 aromatic carbocycles. The third kappa shape index (κ3) is 6.22. The van der Waals surface area contributed by atoms with Crippen molar-refractivity contribution in [1.29, 1.82) is 0 Å². The van der Waals surface area contributed by atoms with Crippen LogP contribution in [0.5, 0.6) is 0 Å². The molecule has 3 rings (SSSR count). The van der Waals surface area contributed by atoms with Gasteiger partial charge in [0, 0.05) is 40.0 Å². The van der Waals surface area contributed by atoms with E-state index in [4.69, 9.17) is 11.5 Å². The minimum Gasteiger partial charge on any atom is -0.370 e. The van der Waals surface area contributed by atoms with Crippen LogP contribution < -0.4 is 16.8 Å². The van der Waals surface area contributed by atoms with Crippen molar-refractivity contribution in [2.45, 2.75) is 38.0 Å². The van der Waals surface area contributed by atoms with Crippen molar-refractivity contribution < 1.29 is 14.4 Å². The maximum Gasteiger partial charge on any atom is 0.238 e. The van der Waals surface area contributed by atoms with E-state index >= 15 is 0 Å². The summed E-state index contributed by atoms with van der Waals surface area (Å²) in [6.07, 6.45) is 1.37. The number of aliphatic imine (C=N–C) groups is 2. The molecule has 5 N–H and O–H groups in total. The highest BCUT2D eigenvalue weighted by Gasteiger charge is 2.39. The summed E-state index contributed by atoms with van der Waals surface area (Å²) in [6.45, 7) is 5.04. The molecule has 3 amide bonds. The van der Waals surface area contributed by atoms with Gasteiger partial charge < -0.3 is 26.6 Å². The molecule has 0 aliphatic carbocycles. The van der Waals surface area contributed by atoms with Gasteiger partial charge in [-0.25, -0.2) is 4.99 Å². The van der Waals surface area contributed by atoms with E-state index in [1.54, 1.807) is 9.80 Å². The van der Waals surface area contributed by atoms with Crippen molar-refractivity contribution in [2.24, 2.45) is 21.5 Å². The molecule has 2 unspecified atom stereocenters. The van der Waals surface area contributed by atoms with Gasteiger partial charge in [-0.2, -0.15) is 0 Å². The summed E-state index contributed by atoms with van der Waals surface area (Å²) in [5.74, 6) is -0.192. The van der Waals surface area contributed by atoms with Gasteiger partial charge in [0.15, 0.2) is 11.1 Å². The molecule has 2 heterocycles. The van der Waals surface area contributed by atoms with Gasteiger partial charge >= 0.3 is 0 Å². The summed E-state index contributed by atoms with van der Waals surface area (Å²) in [5, 5.41) is 2.79. The van der Waals surface area contributed by atoms with Gasteiger partial charge in [-0.15, -0.1) is 0 Å². The molecule has 2 aliphatic rings. The lowest BCUT2D eigenvalue weighted by molar-refractivity contribution is -0.138. The molecule has 1 aromatic rings. The first-order valence-corrected chi connectivity index (χ1v) is 11.4. The van der Waals surface area contributed by atoms with E-state index in [0.717, 1.165) is 5.56 Å². The van der Waals surface area contributed by atoms with Gasteiger partial charge in [-0.3, -0.25) is 19.4 Å². The highest BCUT2D eigenvalue weighted by molar-refractivity contribution is 8.15. The molecule has 0 spiro atoms. The zero-order chi connectivity index (χ0) is 23.3. The molecule has 172 valence electrons. The summed E-state index contributed by atoms with van der Waals surface area (Å²) < 4.78 is 0. The van der Waals surface area contributed by atoms with Crippen LogP contribution in [-0.4, -0.2) is 76.1 Å². The second-order valence-electron chi connectivity index (χ2n) is 7.79. The van der Waals surface area contributed by atoms with Gasteiger partial charge in [-0.1, -0.05) is 23.9 Å². The molecule has 2 aliphatic heterocycles. The normalized spacial score (nSPS) is 20.5. The fourth-order valence-electron chi connectivity index (χ4n) is 3.71. The van der Waals surface area contributed by atoms with Gasteiger partial charge in [0.1, 0.15) is 5.25 Å². The average molecular weight is 460 g/mol. The van der Waals surface area contributed by atoms with Crippen LogP contribution >= 0.6 is 11.8 Å². The van der Waals surface area contributed by atoms with Crippen molar-refractivity contribution in [3.05, 3.63) is 29.8 Å². The topological polar surface area (TPSA) is 146 Å². The van der Waals surface area contributed by atoms with Crippen molar-refractivity contribution in [1.82, 2.24) is 15.1 Å². The molecule has 0 radical (unpaired) electrons. The monoisotopic (exact) mass is 459 g/mol. The highest BCUT2D eigenvalue weighted by atomic mass is 32.2. The molecule has 0 aromatic heterocycles. The quantitative estimate of drug-likeness (QED) is 0.423. The molecular weight excluding hydrogens is 430 g/mol. The van der Waals surface area contributed by atoms with Crippen molar-refractivity contribution in [3.8, 4) is 0 Å². The van der Waals surface area contributed by atoms with E-state index in [-0.39, 0.29) is 29.7 Å². The SMILES string of the molecule is CC(=O)NC1=NC(CCc2ccc(N=C(N)N)cc2)C(C(=O)N2CCN(C(C)=O)CC2)S1. The van der Waals surface area contributed by atoms with Crippen LogP contribution in [0.2, 0.25) is 0 Å². The molecule has 11 heteroatoms. The van der Waals surface area contributed by atoms with Gasteiger partial charge in [0.2, 0.25) is 17.7 Å². The number of nitrogens with two attached hydrogens (primary N) is 2. The van der Waals surface area contributed by atoms with E-state index < -0.39 is 5.25 Å².